The van der Waals surface area contributed by atoms with Crippen LogP contribution in [0, 0.1) is 0 Å². The number of aromatic nitrogens is 2. The van der Waals surface area contributed by atoms with Crippen molar-refractivity contribution in [1.29, 1.82) is 0 Å². The van der Waals surface area contributed by atoms with Gasteiger partial charge in [0.15, 0.2) is 5.16 Å². The number of piperidine rings is 1. The Balaban J connectivity index is 1.80. The highest BCUT2D eigenvalue weighted by atomic mass is 35.5. The predicted octanol–water partition coefficient (Wildman–Crippen LogP) is 2.76. The Morgan fingerprint density at radius 2 is 2.39 bits per heavy atom. The summed E-state index contributed by atoms with van der Waals surface area (Å²) < 4.78 is 5.64. The second-order valence-corrected chi connectivity index (χ2v) is 5.46. The van der Waals surface area contributed by atoms with Gasteiger partial charge < -0.3 is 10.1 Å². The van der Waals surface area contributed by atoms with E-state index in [0.29, 0.717) is 28.8 Å². The largest absolute Gasteiger partial charge is 0.477 e. The van der Waals surface area contributed by atoms with Crippen molar-refractivity contribution < 1.29 is 4.74 Å². The van der Waals surface area contributed by atoms with Gasteiger partial charge >= 0.3 is 0 Å². The van der Waals surface area contributed by atoms with Crippen molar-refractivity contribution in [2.45, 2.75) is 36.9 Å². The third-order valence-corrected chi connectivity index (χ3v) is 3.70. The van der Waals surface area contributed by atoms with Gasteiger partial charge in [0.2, 0.25) is 5.88 Å². The molecular weight excluding hydrogens is 270 g/mol. The first kappa shape index (κ1) is 13.9. The molecule has 0 radical (unpaired) electrons. The number of ether oxygens (including phenoxy) is 1. The van der Waals surface area contributed by atoms with Crippen LogP contribution in [0.3, 0.4) is 0 Å². The summed E-state index contributed by atoms with van der Waals surface area (Å²) in [4.78, 5) is 8.33. The van der Waals surface area contributed by atoms with Gasteiger partial charge in [0, 0.05) is 12.1 Å². The van der Waals surface area contributed by atoms with Crippen LogP contribution in [0.2, 0.25) is 5.15 Å². The van der Waals surface area contributed by atoms with E-state index in [0.717, 1.165) is 13.0 Å². The molecule has 0 aromatic carbocycles. The molecule has 1 N–H and O–H groups in total. The van der Waals surface area contributed by atoms with Gasteiger partial charge in [0.1, 0.15) is 5.15 Å². The van der Waals surface area contributed by atoms with Crippen LogP contribution in [-0.2, 0) is 0 Å². The molecule has 0 aliphatic carbocycles. The lowest BCUT2D eigenvalue weighted by atomic mass is 10.0. The Morgan fingerprint density at radius 3 is 3.11 bits per heavy atom. The molecule has 2 heterocycles. The Bertz CT molecular complexity index is 386. The molecule has 18 heavy (non-hydrogen) atoms. The lowest BCUT2D eigenvalue weighted by Gasteiger charge is -2.23. The van der Waals surface area contributed by atoms with Gasteiger partial charge in [-0.3, -0.25) is 0 Å². The molecule has 4 nitrogen and oxygen atoms in total. The minimum atomic E-state index is 0.431. The minimum Gasteiger partial charge on any atom is -0.477 e. The van der Waals surface area contributed by atoms with E-state index in [4.69, 9.17) is 16.3 Å². The van der Waals surface area contributed by atoms with E-state index in [1.807, 2.05) is 6.26 Å². The first-order valence-corrected chi connectivity index (χ1v) is 7.83. The van der Waals surface area contributed by atoms with Gasteiger partial charge in [-0.05, 0) is 32.1 Å². The van der Waals surface area contributed by atoms with Gasteiger partial charge in [-0.25, -0.2) is 4.98 Å². The molecule has 100 valence electrons. The summed E-state index contributed by atoms with van der Waals surface area (Å²) in [5, 5.41) is 4.57. The maximum atomic E-state index is 5.90. The maximum absolute atomic E-state index is 5.90. The molecule has 1 saturated heterocycles. The number of nitrogens with one attached hydrogen (secondary N) is 1. The van der Waals surface area contributed by atoms with Crippen LogP contribution >= 0.6 is 23.4 Å². The van der Waals surface area contributed by atoms with E-state index in [1.54, 1.807) is 6.07 Å². The fourth-order valence-corrected chi connectivity index (χ4v) is 2.61. The minimum absolute atomic E-state index is 0.431. The van der Waals surface area contributed by atoms with Crippen LogP contribution < -0.4 is 10.1 Å². The first-order chi connectivity index (χ1) is 8.78. The molecule has 2 rings (SSSR count). The molecule has 0 saturated carbocycles. The standard InChI is InChI=1S/C12H18ClN3OS/c1-18-12-15-10(13)8-11(16-12)17-7-5-9-4-2-3-6-14-9/h8-9,14H,2-7H2,1H3. The van der Waals surface area contributed by atoms with Crippen molar-refractivity contribution in [3.05, 3.63) is 11.2 Å². The van der Waals surface area contributed by atoms with Crippen molar-refractivity contribution in [3.63, 3.8) is 0 Å². The molecule has 1 aromatic heterocycles. The van der Waals surface area contributed by atoms with Crippen LogP contribution in [0.25, 0.3) is 0 Å². The molecule has 1 unspecified atom stereocenters. The van der Waals surface area contributed by atoms with Gasteiger partial charge in [-0.15, -0.1) is 0 Å². The molecule has 1 atom stereocenters. The molecule has 0 spiro atoms. The zero-order chi connectivity index (χ0) is 12.8. The molecule has 6 heteroatoms. The summed E-state index contributed by atoms with van der Waals surface area (Å²) >= 11 is 7.36. The zero-order valence-electron chi connectivity index (χ0n) is 10.5. The van der Waals surface area contributed by atoms with Gasteiger partial charge in [0.25, 0.3) is 0 Å². The monoisotopic (exact) mass is 287 g/mol. The number of rotatable bonds is 5. The van der Waals surface area contributed by atoms with Crippen LogP contribution in [0.1, 0.15) is 25.7 Å². The van der Waals surface area contributed by atoms with E-state index in [2.05, 4.69) is 15.3 Å². The molecule has 1 aliphatic heterocycles. The van der Waals surface area contributed by atoms with Crippen LogP contribution in [0.4, 0.5) is 0 Å². The van der Waals surface area contributed by atoms with Gasteiger partial charge in [0.05, 0.1) is 6.61 Å². The van der Waals surface area contributed by atoms with Crippen molar-refractivity contribution in [3.8, 4) is 5.88 Å². The number of thioether (sulfide) groups is 1. The van der Waals surface area contributed by atoms with E-state index >= 15 is 0 Å². The van der Waals surface area contributed by atoms with E-state index in [-0.39, 0.29) is 0 Å². The van der Waals surface area contributed by atoms with E-state index in [9.17, 15) is 0 Å². The number of halogens is 1. The number of hydrogen-bond acceptors (Lipinski definition) is 5. The molecule has 0 amide bonds. The fraction of sp³-hybridized carbons (Fsp3) is 0.667. The smallest absolute Gasteiger partial charge is 0.218 e. The van der Waals surface area contributed by atoms with Crippen molar-refractivity contribution in [2.24, 2.45) is 0 Å². The topological polar surface area (TPSA) is 47.0 Å². The molecule has 1 fully saturated rings. The van der Waals surface area contributed by atoms with E-state index < -0.39 is 0 Å². The summed E-state index contributed by atoms with van der Waals surface area (Å²) in [7, 11) is 0. The summed E-state index contributed by atoms with van der Waals surface area (Å²) in [6.07, 6.45) is 6.77. The number of hydrogen-bond donors (Lipinski definition) is 1. The summed E-state index contributed by atoms with van der Waals surface area (Å²) in [5.41, 5.74) is 0. The zero-order valence-corrected chi connectivity index (χ0v) is 12.1. The van der Waals surface area contributed by atoms with Crippen molar-refractivity contribution in [2.75, 3.05) is 19.4 Å². The van der Waals surface area contributed by atoms with E-state index in [1.165, 1.54) is 31.0 Å². The third kappa shape index (κ3) is 4.30. The Morgan fingerprint density at radius 1 is 1.50 bits per heavy atom. The van der Waals surface area contributed by atoms with Gasteiger partial charge in [-0.2, -0.15) is 4.98 Å². The van der Waals surface area contributed by atoms with Gasteiger partial charge in [-0.1, -0.05) is 29.8 Å². The highest BCUT2D eigenvalue weighted by Gasteiger charge is 2.12. The number of nitrogens with zero attached hydrogens (tertiary/aromatic N) is 2. The Hall–Kier alpha value is -0.520. The average molecular weight is 288 g/mol. The Labute approximate surface area is 117 Å². The molecular formula is C12H18ClN3OS. The second kappa shape index (κ2) is 7.16. The van der Waals surface area contributed by atoms with Crippen LogP contribution in [-0.4, -0.2) is 35.4 Å². The first-order valence-electron chi connectivity index (χ1n) is 6.22. The molecule has 1 aromatic rings. The average Bonchev–Trinajstić information content (AvgIpc) is 2.39. The second-order valence-electron chi connectivity index (χ2n) is 4.30. The van der Waals surface area contributed by atoms with Crippen LogP contribution in [0.5, 0.6) is 5.88 Å². The highest BCUT2D eigenvalue weighted by molar-refractivity contribution is 7.98. The summed E-state index contributed by atoms with van der Waals surface area (Å²) in [5.74, 6) is 0.565. The Kier molecular flexibility index (Phi) is 5.53. The lowest BCUT2D eigenvalue weighted by Crippen LogP contribution is -2.35. The van der Waals surface area contributed by atoms with Crippen molar-refractivity contribution in [1.82, 2.24) is 15.3 Å². The summed E-state index contributed by atoms with van der Waals surface area (Å²) in [6, 6.07) is 2.24. The SMILES string of the molecule is CSc1nc(Cl)cc(OCCC2CCCCN2)n1. The lowest BCUT2D eigenvalue weighted by molar-refractivity contribution is 0.258. The quantitative estimate of drug-likeness (QED) is 0.513. The predicted molar refractivity (Wildman–Crippen MR) is 74.6 cm³/mol. The highest BCUT2D eigenvalue weighted by Crippen LogP contribution is 2.19. The molecule has 1 aliphatic rings. The fourth-order valence-electron chi connectivity index (χ4n) is 2.02. The van der Waals surface area contributed by atoms with Crippen molar-refractivity contribution >= 4 is 23.4 Å². The normalized spacial score (nSPS) is 19.8. The maximum Gasteiger partial charge on any atom is 0.218 e. The third-order valence-electron chi connectivity index (χ3n) is 2.96. The summed E-state index contributed by atoms with van der Waals surface area (Å²) in [6.45, 7) is 1.79. The van der Waals surface area contributed by atoms with Crippen LogP contribution in [0.15, 0.2) is 11.2 Å². The molecule has 0 bridgehead atoms.